The molecule has 0 fully saturated rings. The number of hydrogen-bond acceptors (Lipinski definition) is 5. The van der Waals surface area contributed by atoms with Crippen molar-refractivity contribution in [3.8, 4) is 10.8 Å². The van der Waals surface area contributed by atoms with Gasteiger partial charge in [-0.3, -0.25) is 4.79 Å². The highest BCUT2D eigenvalue weighted by molar-refractivity contribution is 7.13. The average Bonchev–Trinajstić information content (AvgIpc) is 3.12. The van der Waals surface area contributed by atoms with Gasteiger partial charge >= 0.3 is 0 Å². The van der Waals surface area contributed by atoms with E-state index >= 15 is 0 Å². The Morgan fingerprint density at radius 3 is 3.00 bits per heavy atom. The molecule has 3 rings (SSSR count). The van der Waals surface area contributed by atoms with Gasteiger partial charge in [-0.1, -0.05) is 6.07 Å². The summed E-state index contributed by atoms with van der Waals surface area (Å²) < 4.78 is 5.62. The molecule has 4 nitrogen and oxygen atoms in total. The van der Waals surface area contributed by atoms with Crippen LogP contribution in [0.4, 0.5) is 5.69 Å². The standard InChI is InChI=1S/C14H12N2O2S2/c1-9-11(7-13(17)15-10-4-6-19-8-10)16-14(18-9)12-3-2-5-20-12/h2-6,8H,7H2,1H3,(H,15,17). The number of carbonyl (C=O) groups excluding carboxylic acids is 1. The van der Waals surface area contributed by atoms with Crippen molar-refractivity contribution in [1.29, 1.82) is 0 Å². The number of aryl methyl sites for hydroxylation is 1. The molecule has 1 N–H and O–H groups in total. The zero-order valence-electron chi connectivity index (χ0n) is 10.8. The molecule has 1 amide bonds. The minimum Gasteiger partial charge on any atom is -0.440 e. The van der Waals surface area contributed by atoms with Crippen LogP contribution >= 0.6 is 22.7 Å². The van der Waals surface area contributed by atoms with Gasteiger partial charge in [0.05, 0.1) is 22.7 Å². The highest BCUT2D eigenvalue weighted by atomic mass is 32.1. The van der Waals surface area contributed by atoms with E-state index in [0.29, 0.717) is 17.3 Å². The zero-order chi connectivity index (χ0) is 13.9. The van der Waals surface area contributed by atoms with Gasteiger partial charge in [0.15, 0.2) is 0 Å². The van der Waals surface area contributed by atoms with E-state index in [1.165, 1.54) is 0 Å². The number of nitrogens with zero attached hydrogens (tertiary/aromatic N) is 1. The fourth-order valence-corrected chi connectivity index (χ4v) is 3.03. The van der Waals surface area contributed by atoms with E-state index in [0.717, 1.165) is 10.6 Å². The minimum absolute atomic E-state index is 0.0856. The summed E-state index contributed by atoms with van der Waals surface area (Å²) in [7, 11) is 0. The van der Waals surface area contributed by atoms with Crippen molar-refractivity contribution >= 4 is 34.3 Å². The fraction of sp³-hybridized carbons (Fsp3) is 0.143. The van der Waals surface area contributed by atoms with Crippen molar-refractivity contribution < 1.29 is 9.21 Å². The van der Waals surface area contributed by atoms with Gasteiger partial charge in [0.2, 0.25) is 11.8 Å². The van der Waals surface area contributed by atoms with Crippen molar-refractivity contribution in [3.63, 3.8) is 0 Å². The molecule has 0 aliphatic heterocycles. The molecular formula is C14H12N2O2S2. The lowest BCUT2D eigenvalue weighted by Gasteiger charge is -2.00. The van der Waals surface area contributed by atoms with Gasteiger partial charge in [-0.05, 0) is 29.8 Å². The molecule has 3 aromatic rings. The third-order valence-corrected chi connectivity index (χ3v) is 4.30. The fourth-order valence-electron chi connectivity index (χ4n) is 1.79. The molecule has 102 valence electrons. The molecule has 3 heterocycles. The summed E-state index contributed by atoms with van der Waals surface area (Å²) in [6.45, 7) is 1.83. The number of nitrogens with one attached hydrogen (secondary N) is 1. The number of thiophene rings is 2. The van der Waals surface area contributed by atoms with E-state index in [2.05, 4.69) is 10.3 Å². The number of rotatable bonds is 4. The molecule has 6 heteroatoms. The average molecular weight is 304 g/mol. The predicted molar refractivity (Wildman–Crippen MR) is 81.2 cm³/mol. The van der Waals surface area contributed by atoms with Gasteiger partial charge < -0.3 is 9.73 Å². The number of aromatic nitrogens is 1. The molecule has 0 aromatic carbocycles. The maximum atomic E-state index is 11.9. The molecule has 0 aliphatic carbocycles. The van der Waals surface area contributed by atoms with Crippen molar-refractivity contribution in [3.05, 3.63) is 45.8 Å². The number of hydrogen-bond donors (Lipinski definition) is 1. The second-order valence-corrected chi connectivity index (χ2v) is 5.96. The van der Waals surface area contributed by atoms with Crippen LogP contribution in [0.2, 0.25) is 0 Å². The Balaban J connectivity index is 1.73. The normalized spacial score (nSPS) is 10.7. The van der Waals surface area contributed by atoms with Crippen molar-refractivity contribution in [2.24, 2.45) is 0 Å². The highest BCUT2D eigenvalue weighted by Crippen LogP contribution is 2.26. The van der Waals surface area contributed by atoms with Crippen molar-refractivity contribution in [2.45, 2.75) is 13.3 Å². The molecule has 0 spiro atoms. The first-order valence-electron chi connectivity index (χ1n) is 6.04. The SMILES string of the molecule is Cc1oc(-c2cccs2)nc1CC(=O)Nc1ccsc1. The van der Waals surface area contributed by atoms with Crippen LogP contribution in [0.25, 0.3) is 10.8 Å². The Morgan fingerprint density at radius 2 is 2.30 bits per heavy atom. The molecule has 0 saturated carbocycles. The van der Waals surface area contributed by atoms with Crippen LogP contribution in [0.1, 0.15) is 11.5 Å². The minimum atomic E-state index is -0.0856. The summed E-state index contributed by atoms with van der Waals surface area (Å²) in [4.78, 5) is 17.3. The van der Waals surface area contributed by atoms with E-state index in [1.807, 2.05) is 41.3 Å². The van der Waals surface area contributed by atoms with Gasteiger partial charge in [0.1, 0.15) is 5.76 Å². The van der Waals surface area contributed by atoms with E-state index in [-0.39, 0.29) is 12.3 Å². The summed E-state index contributed by atoms with van der Waals surface area (Å²) in [5.74, 6) is 1.18. The summed E-state index contributed by atoms with van der Waals surface area (Å²) in [6, 6.07) is 5.77. The molecule has 0 radical (unpaired) electrons. The first-order chi connectivity index (χ1) is 9.72. The first kappa shape index (κ1) is 13.1. The van der Waals surface area contributed by atoms with Gasteiger partial charge in [0.25, 0.3) is 0 Å². The van der Waals surface area contributed by atoms with E-state index < -0.39 is 0 Å². The number of anilines is 1. The summed E-state index contributed by atoms with van der Waals surface area (Å²) >= 11 is 3.11. The van der Waals surface area contributed by atoms with Crippen LogP contribution in [-0.4, -0.2) is 10.9 Å². The van der Waals surface area contributed by atoms with Gasteiger partial charge in [0, 0.05) is 5.38 Å². The summed E-state index contributed by atoms with van der Waals surface area (Å²) in [6.07, 6.45) is 0.219. The van der Waals surface area contributed by atoms with Crippen LogP contribution in [0.15, 0.2) is 38.8 Å². The first-order valence-corrected chi connectivity index (χ1v) is 7.87. The summed E-state index contributed by atoms with van der Waals surface area (Å²) in [5.41, 5.74) is 1.50. The van der Waals surface area contributed by atoms with Crippen LogP contribution in [0.5, 0.6) is 0 Å². The van der Waals surface area contributed by atoms with Crippen LogP contribution in [-0.2, 0) is 11.2 Å². The molecule has 0 bridgehead atoms. The summed E-state index contributed by atoms with van der Waals surface area (Å²) in [5, 5.41) is 8.62. The quantitative estimate of drug-likeness (QED) is 0.794. The highest BCUT2D eigenvalue weighted by Gasteiger charge is 2.15. The third-order valence-electron chi connectivity index (χ3n) is 2.76. The zero-order valence-corrected chi connectivity index (χ0v) is 12.4. The maximum absolute atomic E-state index is 11.9. The molecule has 20 heavy (non-hydrogen) atoms. The van der Waals surface area contributed by atoms with Gasteiger partial charge in [-0.25, -0.2) is 4.98 Å². The number of amides is 1. The second-order valence-electron chi connectivity index (χ2n) is 4.24. The molecule has 0 aliphatic rings. The molecule has 0 unspecified atom stereocenters. The Bertz CT molecular complexity index is 700. The molecular weight excluding hydrogens is 292 g/mol. The van der Waals surface area contributed by atoms with Gasteiger partial charge in [-0.15, -0.1) is 11.3 Å². The van der Waals surface area contributed by atoms with Crippen molar-refractivity contribution in [1.82, 2.24) is 4.98 Å². The third kappa shape index (κ3) is 2.81. The molecule has 0 saturated heterocycles. The lowest BCUT2D eigenvalue weighted by atomic mass is 10.2. The Morgan fingerprint density at radius 1 is 1.40 bits per heavy atom. The number of oxazole rings is 1. The smallest absolute Gasteiger partial charge is 0.236 e. The van der Waals surface area contributed by atoms with Gasteiger partial charge in [-0.2, -0.15) is 11.3 Å². The Hall–Kier alpha value is -1.92. The van der Waals surface area contributed by atoms with E-state index in [1.54, 1.807) is 22.7 Å². The predicted octanol–water partition coefficient (Wildman–Crippen LogP) is 3.95. The maximum Gasteiger partial charge on any atom is 0.236 e. The second kappa shape index (κ2) is 5.60. The lowest BCUT2D eigenvalue weighted by Crippen LogP contribution is -2.14. The van der Waals surface area contributed by atoms with Crippen LogP contribution in [0, 0.1) is 6.92 Å². The molecule has 3 aromatic heterocycles. The van der Waals surface area contributed by atoms with Crippen LogP contribution in [0.3, 0.4) is 0 Å². The number of carbonyl (C=O) groups is 1. The van der Waals surface area contributed by atoms with E-state index in [9.17, 15) is 4.79 Å². The topological polar surface area (TPSA) is 55.1 Å². The Kier molecular flexibility index (Phi) is 3.66. The monoisotopic (exact) mass is 304 g/mol. The lowest BCUT2D eigenvalue weighted by molar-refractivity contribution is -0.115. The largest absolute Gasteiger partial charge is 0.440 e. The Labute approximate surface area is 124 Å². The van der Waals surface area contributed by atoms with E-state index in [4.69, 9.17) is 4.42 Å². The van der Waals surface area contributed by atoms with Crippen molar-refractivity contribution in [2.75, 3.05) is 5.32 Å². The molecule has 0 atom stereocenters. The van der Waals surface area contributed by atoms with Crippen LogP contribution < -0.4 is 5.32 Å².